The van der Waals surface area contributed by atoms with Crippen molar-refractivity contribution in [1.29, 1.82) is 0 Å². The summed E-state index contributed by atoms with van der Waals surface area (Å²) in [7, 11) is 0. The van der Waals surface area contributed by atoms with E-state index in [1.165, 1.54) is 6.20 Å². The van der Waals surface area contributed by atoms with Crippen molar-refractivity contribution in [2.24, 2.45) is 0 Å². The van der Waals surface area contributed by atoms with Gasteiger partial charge in [0.1, 0.15) is 18.5 Å². The molecule has 1 amide bonds. The lowest BCUT2D eigenvalue weighted by molar-refractivity contribution is -0.757. The van der Waals surface area contributed by atoms with Gasteiger partial charge in [0.25, 0.3) is 5.09 Å². The number of fused-ring (bicyclic) bond motifs is 1. The number of benzene rings is 1. The average molecular weight is 409 g/mol. The molecule has 29 heavy (non-hydrogen) atoms. The van der Waals surface area contributed by atoms with Gasteiger partial charge in [0.2, 0.25) is 5.91 Å². The van der Waals surface area contributed by atoms with Crippen LogP contribution in [0.1, 0.15) is 12.8 Å². The third kappa shape index (κ3) is 8.11. The molecule has 2 aromatic rings. The van der Waals surface area contributed by atoms with Crippen LogP contribution in [0.3, 0.4) is 0 Å². The zero-order chi connectivity index (χ0) is 21.1. The molecular formula is C17H23N5O7. The normalized spacial score (nSPS) is 11.8. The quantitative estimate of drug-likeness (QED) is 0.191. The third-order valence-corrected chi connectivity index (χ3v) is 3.80. The molecule has 4 N–H and O–H groups in total. The first-order valence-corrected chi connectivity index (χ1v) is 8.99. The number of aliphatic hydroxyl groups excluding tert-OH is 1. The second-order valence-corrected chi connectivity index (χ2v) is 6.09. The molecule has 0 saturated heterocycles. The van der Waals surface area contributed by atoms with E-state index in [2.05, 4.69) is 25.4 Å². The monoisotopic (exact) mass is 409 g/mol. The average Bonchev–Trinajstić information content (AvgIpc) is 2.69. The summed E-state index contributed by atoms with van der Waals surface area (Å²) < 4.78 is 5.61. The van der Waals surface area contributed by atoms with Crippen LogP contribution in [0.2, 0.25) is 0 Å². The van der Waals surface area contributed by atoms with Gasteiger partial charge in [-0.2, -0.15) is 0 Å². The van der Waals surface area contributed by atoms with E-state index in [0.29, 0.717) is 29.7 Å². The van der Waals surface area contributed by atoms with E-state index in [1.807, 2.05) is 0 Å². The minimum Gasteiger partial charge on any atom is -0.490 e. The predicted molar refractivity (Wildman–Crippen MR) is 102 cm³/mol. The van der Waals surface area contributed by atoms with Crippen LogP contribution >= 0.6 is 0 Å². The van der Waals surface area contributed by atoms with E-state index >= 15 is 0 Å². The van der Waals surface area contributed by atoms with Crippen LogP contribution in [-0.4, -0.2) is 65.0 Å². The van der Waals surface area contributed by atoms with Gasteiger partial charge in [-0.3, -0.25) is 4.79 Å². The Labute approximate surface area is 165 Å². The fraction of sp³-hybridized carbons (Fsp3) is 0.471. The van der Waals surface area contributed by atoms with Crippen LogP contribution in [0.5, 0.6) is 5.75 Å². The summed E-state index contributed by atoms with van der Waals surface area (Å²) >= 11 is 0. The van der Waals surface area contributed by atoms with E-state index in [9.17, 15) is 24.8 Å². The largest absolute Gasteiger partial charge is 0.490 e. The van der Waals surface area contributed by atoms with Gasteiger partial charge in [0.05, 0.1) is 17.5 Å². The number of amides is 1. The van der Waals surface area contributed by atoms with Crippen molar-refractivity contribution in [3.05, 3.63) is 45.0 Å². The summed E-state index contributed by atoms with van der Waals surface area (Å²) in [5.74, 6) is 0.267. The molecule has 0 aliphatic rings. The third-order valence-electron chi connectivity index (χ3n) is 3.80. The molecule has 12 heteroatoms. The SMILES string of the molecule is O=C(CCCO[N+](=O)[O-])NCCNCC(O)COc1cccc2[nH]c(=O)ncc12. The topological polar surface area (TPSA) is 169 Å². The van der Waals surface area contributed by atoms with Gasteiger partial charge >= 0.3 is 5.69 Å². The lowest BCUT2D eigenvalue weighted by atomic mass is 10.2. The number of carbonyl (C=O) groups is 1. The number of aliphatic hydroxyl groups is 1. The highest BCUT2D eigenvalue weighted by molar-refractivity contribution is 5.83. The second-order valence-electron chi connectivity index (χ2n) is 6.09. The molecule has 0 radical (unpaired) electrons. The van der Waals surface area contributed by atoms with Crippen molar-refractivity contribution < 1.29 is 24.6 Å². The number of nitrogens with zero attached hydrogens (tertiary/aromatic N) is 2. The molecule has 0 spiro atoms. The van der Waals surface area contributed by atoms with E-state index in [-0.39, 0.29) is 38.5 Å². The van der Waals surface area contributed by atoms with Crippen molar-refractivity contribution in [3.8, 4) is 5.75 Å². The molecule has 158 valence electrons. The Morgan fingerprint density at radius 3 is 3.00 bits per heavy atom. The Balaban J connectivity index is 1.60. The zero-order valence-corrected chi connectivity index (χ0v) is 15.6. The Hall–Kier alpha value is -3.25. The van der Waals surface area contributed by atoms with Crippen molar-refractivity contribution in [3.63, 3.8) is 0 Å². The highest BCUT2D eigenvalue weighted by Gasteiger charge is 2.08. The first-order chi connectivity index (χ1) is 14.0. The molecule has 0 aliphatic carbocycles. The van der Waals surface area contributed by atoms with Gasteiger partial charge in [-0.25, -0.2) is 9.78 Å². The Morgan fingerprint density at radius 2 is 2.21 bits per heavy atom. The second kappa shape index (κ2) is 11.6. The van der Waals surface area contributed by atoms with Gasteiger partial charge in [-0.15, -0.1) is 10.1 Å². The highest BCUT2D eigenvalue weighted by atomic mass is 16.9. The summed E-state index contributed by atoms with van der Waals surface area (Å²) in [6, 6.07) is 5.17. The van der Waals surface area contributed by atoms with Gasteiger partial charge in [0, 0.05) is 32.3 Å². The van der Waals surface area contributed by atoms with Gasteiger partial charge in [0.15, 0.2) is 0 Å². The van der Waals surface area contributed by atoms with Crippen molar-refractivity contribution in [2.75, 3.05) is 32.8 Å². The highest BCUT2D eigenvalue weighted by Crippen LogP contribution is 2.22. The Bertz CT molecular complexity index is 873. The molecule has 1 aromatic carbocycles. The van der Waals surface area contributed by atoms with Crippen LogP contribution in [0.25, 0.3) is 10.9 Å². The number of aromatic nitrogens is 2. The number of rotatable bonds is 13. The van der Waals surface area contributed by atoms with E-state index < -0.39 is 16.9 Å². The lowest BCUT2D eigenvalue weighted by Gasteiger charge is -2.14. The van der Waals surface area contributed by atoms with Crippen LogP contribution in [0.4, 0.5) is 0 Å². The molecule has 12 nitrogen and oxygen atoms in total. The van der Waals surface area contributed by atoms with Crippen molar-refractivity contribution >= 4 is 16.8 Å². The molecular weight excluding hydrogens is 386 g/mol. The lowest BCUT2D eigenvalue weighted by Crippen LogP contribution is -2.37. The first-order valence-electron chi connectivity index (χ1n) is 8.99. The number of hydrogen-bond acceptors (Lipinski definition) is 9. The maximum absolute atomic E-state index is 11.5. The molecule has 2 rings (SSSR count). The summed E-state index contributed by atoms with van der Waals surface area (Å²) in [5.41, 5.74) is 0.145. The van der Waals surface area contributed by atoms with Gasteiger partial charge in [-0.05, 0) is 18.6 Å². The van der Waals surface area contributed by atoms with Gasteiger partial charge in [-0.1, -0.05) is 6.07 Å². The fourth-order valence-corrected chi connectivity index (χ4v) is 2.45. The molecule has 1 heterocycles. The molecule has 0 saturated carbocycles. The Kier molecular flexibility index (Phi) is 8.79. The summed E-state index contributed by atoms with van der Waals surface area (Å²) in [4.78, 5) is 43.1. The minimum atomic E-state index is -0.894. The van der Waals surface area contributed by atoms with Gasteiger partial charge < -0.3 is 30.3 Å². The number of nitrogens with one attached hydrogen (secondary N) is 3. The molecule has 0 aliphatic heterocycles. The number of H-pyrrole nitrogens is 1. The molecule has 1 atom stereocenters. The smallest absolute Gasteiger partial charge is 0.345 e. The predicted octanol–water partition coefficient (Wildman–Crippen LogP) is -0.643. The maximum atomic E-state index is 11.5. The van der Waals surface area contributed by atoms with Crippen LogP contribution in [0, 0.1) is 10.1 Å². The van der Waals surface area contributed by atoms with Crippen LogP contribution < -0.4 is 21.1 Å². The first kappa shape index (κ1) is 22.0. The number of hydrogen-bond donors (Lipinski definition) is 4. The van der Waals surface area contributed by atoms with Crippen molar-refractivity contribution in [2.45, 2.75) is 18.9 Å². The number of aromatic amines is 1. The van der Waals surface area contributed by atoms with Crippen LogP contribution in [-0.2, 0) is 9.63 Å². The molecule has 1 aromatic heterocycles. The zero-order valence-electron chi connectivity index (χ0n) is 15.6. The summed E-state index contributed by atoms with van der Waals surface area (Å²) in [6.07, 6.45) is 1.03. The summed E-state index contributed by atoms with van der Waals surface area (Å²) in [5, 5.41) is 25.4. The minimum absolute atomic E-state index is 0.0358. The maximum Gasteiger partial charge on any atom is 0.345 e. The van der Waals surface area contributed by atoms with Crippen LogP contribution in [0.15, 0.2) is 29.2 Å². The summed E-state index contributed by atoms with van der Waals surface area (Å²) in [6.45, 7) is 0.965. The molecule has 0 fully saturated rings. The molecule has 1 unspecified atom stereocenters. The van der Waals surface area contributed by atoms with E-state index in [1.54, 1.807) is 18.2 Å². The number of ether oxygens (including phenoxy) is 1. The van der Waals surface area contributed by atoms with E-state index in [0.717, 1.165) is 0 Å². The fourth-order valence-electron chi connectivity index (χ4n) is 2.45. The van der Waals surface area contributed by atoms with Crippen molar-refractivity contribution in [1.82, 2.24) is 20.6 Å². The Morgan fingerprint density at radius 1 is 1.38 bits per heavy atom. The van der Waals surface area contributed by atoms with E-state index in [4.69, 9.17) is 4.74 Å². The molecule has 0 bridgehead atoms. The standard InChI is InChI=1S/C17H23N5O7/c23-12(9-18-6-7-19-16(24)5-2-8-29-22(26)27)11-28-15-4-1-3-14-13(15)10-20-17(25)21-14/h1,3-4,10,12,18,23H,2,5-9,11H2,(H,19,24)(H,20,21,25). The number of carbonyl (C=O) groups excluding carboxylic acids is 1.